The first-order chi connectivity index (χ1) is 15.7. The molecule has 0 radical (unpaired) electrons. The maximum Gasteiger partial charge on any atom is 0.129 e. The van der Waals surface area contributed by atoms with E-state index in [9.17, 15) is 0 Å². The van der Waals surface area contributed by atoms with Crippen LogP contribution in [0.25, 0.3) is 0 Å². The second kappa shape index (κ2) is 9.63. The second-order valence-electron chi connectivity index (χ2n) is 8.93. The summed E-state index contributed by atoms with van der Waals surface area (Å²) in [6.45, 7) is 4.69. The van der Waals surface area contributed by atoms with Crippen LogP contribution in [0.2, 0.25) is 0 Å². The maximum atomic E-state index is 15.2. The minimum Gasteiger partial charge on any atom is -0.369 e. The molecule has 0 spiro atoms. The second-order valence-corrected chi connectivity index (χ2v) is 10.2. The lowest BCUT2D eigenvalue weighted by Gasteiger charge is -2.37. The van der Waals surface area contributed by atoms with Gasteiger partial charge in [-0.05, 0) is 50.3 Å². The topological polar surface area (TPSA) is 37.2 Å². The van der Waals surface area contributed by atoms with Gasteiger partial charge in [0.2, 0.25) is 0 Å². The highest BCUT2D eigenvalue weighted by Crippen LogP contribution is 2.43. The van der Waals surface area contributed by atoms with Crippen molar-refractivity contribution in [1.82, 2.24) is 19.1 Å². The highest BCUT2D eigenvalue weighted by Gasteiger charge is 2.28. The molecular weight excluding hydrogens is 421 g/mol. The molecule has 2 aliphatic heterocycles. The molecule has 5 rings (SSSR count). The normalized spacial score (nSPS) is 24.6. The maximum absolute atomic E-state index is 15.2. The third-order valence-electron chi connectivity index (χ3n) is 6.75. The Kier molecular flexibility index (Phi) is 6.46. The average molecular weight is 452 g/mol. The number of hydrogen-bond acceptors (Lipinski definition) is 5. The molecule has 3 heterocycles. The van der Waals surface area contributed by atoms with Crippen molar-refractivity contribution in [2.24, 2.45) is 0 Å². The van der Waals surface area contributed by atoms with Crippen LogP contribution < -0.4 is 4.90 Å². The molecule has 0 bridgehead atoms. The molecule has 0 unspecified atom stereocenters. The van der Waals surface area contributed by atoms with Crippen molar-refractivity contribution in [1.29, 1.82) is 0 Å². The monoisotopic (exact) mass is 451 g/mol. The van der Waals surface area contributed by atoms with E-state index in [1.165, 1.54) is 5.56 Å². The molecule has 1 aromatic heterocycles. The van der Waals surface area contributed by atoms with E-state index in [2.05, 4.69) is 67.3 Å². The molecule has 2 aromatic carbocycles. The lowest BCUT2D eigenvalue weighted by Crippen LogP contribution is -2.36. The summed E-state index contributed by atoms with van der Waals surface area (Å²) in [4.78, 5) is 2.28. The zero-order chi connectivity index (χ0) is 21.9. The lowest BCUT2D eigenvalue weighted by atomic mass is 10.0. The van der Waals surface area contributed by atoms with E-state index in [1.54, 1.807) is 18.7 Å². The fourth-order valence-electron chi connectivity index (χ4n) is 4.80. The van der Waals surface area contributed by atoms with Crippen LogP contribution >= 0.6 is 11.9 Å². The Morgan fingerprint density at radius 3 is 2.62 bits per heavy atom. The summed E-state index contributed by atoms with van der Waals surface area (Å²) in [6, 6.07) is 17.2. The zero-order valence-corrected chi connectivity index (χ0v) is 19.3. The SMILES string of the molecule is C[C@H]1CC[C@H](c2ccccc2)SN1Cc1ccc(N2CCC[C@H](n3cnnc3)C2)cc1F. The fraction of sp³-hybridized carbons (Fsp3) is 0.440. The van der Waals surface area contributed by atoms with Crippen molar-refractivity contribution in [3.8, 4) is 0 Å². The molecule has 32 heavy (non-hydrogen) atoms. The summed E-state index contributed by atoms with van der Waals surface area (Å²) in [6.07, 6.45) is 8.02. The van der Waals surface area contributed by atoms with Gasteiger partial charge in [-0.3, -0.25) is 0 Å². The van der Waals surface area contributed by atoms with Gasteiger partial charge in [-0.1, -0.05) is 48.3 Å². The van der Waals surface area contributed by atoms with Gasteiger partial charge >= 0.3 is 0 Å². The van der Waals surface area contributed by atoms with Crippen molar-refractivity contribution < 1.29 is 4.39 Å². The van der Waals surface area contributed by atoms with Crippen LogP contribution in [0.5, 0.6) is 0 Å². The molecule has 7 heteroatoms. The van der Waals surface area contributed by atoms with Gasteiger partial charge < -0.3 is 9.47 Å². The number of halogens is 1. The molecule has 3 aromatic rings. The van der Waals surface area contributed by atoms with Gasteiger partial charge in [0.15, 0.2) is 0 Å². The molecule has 168 valence electrons. The van der Waals surface area contributed by atoms with Crippen molar-refractivity contribution in [3.63, 3.8) is 0 Å². The standard InChI is InChI=1S/C25H30FN5S/c1-19-9-12-25(20-6-3-2-4-7-20)32-31(19)15-21-10-11-22(14-24(21)26)29-13-5-8-23(16-29)30-17-27-28-18-30/h2-4,6-7,10-11,14,17-19,23,25H,5,8-9,12-13,15-16H2,1H3/t19-,23-,25+/m0/s1. The van der Waals surface area contributed by atoms with Crippen LogP contribution in [0.3, 0.4) is 0 Å². The first kappa shape index (κ1) is 21.5. The van der Waals surface area contributed by atoms with E-state index in [0.29, 0.717) is 23.9 Å². The number of piperidine rings is 1. The predicted octanol–water partition coefficient (Wildman–Crippen LogP) is 5.63. The molecule has 5 nitrogen and oxygen atoms in total. The van der Waals surface area contributed by atoms with Gasteiger partial charge in [-0.15, -0.1) is 10.2 Å². The van der Waals surface area contributed by atoms with E-state index >= 15 is 4.39 Å². The molecule has 2 saturated heterocycles. The summed E-state index contributed by atoms with van der Waals surface area (Å²) in [5, 5.41) is 8.31. The molecule has 0 aliphatic carbocycles. The lowest BCUT2D eigenvalue weighted by molar-refractivity contribution is 0.317. The van der Waals surface area contributed by atoms with E-state index in [1.807, 2.05) is 18.0 Å². The molecular formula is C25H30FN5S. The van der Waals surface area contributed by atoms with Crippen LogP contribution in [0.4, 0.5) is 10.1 Å². The summed E-state index contributed by atoms with van der Waals surface area (Å²) in [7, 11) is 0. The van der Waals surface area contributed by atoms with Crippen LogP contribution in [0.15, 0.2) is 61.2 Å². The van der Waals surface area contributed by atoms with Gasteiger partial charge in [0, 0.05) is 42.2 Å². The van der Waals surface area contributed by atoms with Gasteiger partial charge in [0.1, 0.15) is 18.5 Å². The van der Waals surface area contributed by atoms with Crippen LogP contribution in [0, 0.1) is 5.82 Å². The highest BCUT2D eigenvalue weighted by atomic mass is 32.2. The molecule has 0 amide bonds. The minimum absolute atomic E-state index is 0.108. The van der Waals surface area contributed by atoms with Gasteiger partial charge in [0.25, 0.3) is 0 Å². The summed E-state index contributed by atoms with van der Waals surface area (Å²) in [5.74, 6) is -0.108. The Bertz CT molecular complexity index is 1010. The number of aromatic nitrogens is 3. The van der Waals surface area contributed by atoms with E-state index < -0.39 is 0 Å². The molecule has 0 N–H and O–H groups in total. The predicted molar refractivity (Wildman–Crippen MR) is 128 cm³/mol. The molecule has 2 aliphatic rings. The Hall–Kier alpha value is -2.38. The van der Waals surface area contributed by atoms with Crippen molar-refractivity contribution in [3.05, 3.63) is 78.1 Å². The number of benzene rings is 2. The van der Waals surface area contributed by atoms with E-state index in [4.69, 9.17) is 0 Å². The number of nitrogens with zero attached hydrogens (tertiary/aromatic N) is 5. The molecule has 3 atom stereocenters. The summed E-state index contributed by atoms with van der Waals surface area (Å²) >= 11 is 1.87. The zero-order valence-electron chi connectivity index (χ0n) is 18.5. The summed E-state index contributed by atoms with van der Waals surface area (Å²) < 4.78 is 19.6. The number of rotatable bonds is 5. The van der Waals surface area contributed by atoms with E-state index in [0.717, 1.165) is 50.0 Å². The van der Waals surface area contributed by atoms with Crippen molar-refractivity contribution >= 4 is 17.6 Å². The van der Waals surface area contributed by atoms with Gasteiger partial charge in [-0.2, -0.15) is 0 Å². The fourth-order valence-corrected chi connectivity index (χ4v) is 6.18. The largest absolute Gasteiger partial charge is 0.369 e. The smallest absolute Gasteiger partial charge is 0.129 e. The van der Waals surface area contributed by atoms with Crippen molar-refractivity contribution in [2.45, 2.75) is 56.5 Å². The first-order valence-electron chi connectivity index (χ1n) is 11.5. The Balaban J connectivity index is 1.27. The van der Waals surface area contributed by atoms with E-state index in [-0.39, 0.29) is 5.82 Å². The molecule has 0 saturated carbocycles. The summed E-state index contributed by atoms with van der Waals surface area (Å²) in [5.41, 5.74) is 3.10. The van der Waals surface area contributed by atoms with Crippen molar-refractivity contribution in [2.75, 3.05) is 18.0 Å². The van der Waals surface area contributed by atoms with Crippen LogP contribution in [-0.4, -0.2) is 38.2 Å². The highest BCUT2D eigenvalue weighted by molar-refractivity contribution is 7.97. The quantitative estimate of drug-likeness (QED) is 0.470. The minimum atomic E-state index is -0.108. The van der Waals surface area contributed by atoms with Crippen LogP contribution in [-0.2, 0) is 6.54 Å². The average Bonchev–Trinajstić information content (AvgIpc) is 3.37. The van der Waals surface area contributed by atoms with Gasteiger partial charge in [0.05, 0.1) is 6.04 Å². The Morgan fingerprint density at radius 2 is 1.84 bits per heavy atom. The third-order valence-corrected chi connectivity index (χ3v) is 8.28. The van der Waals surface area contributed by atoms with Gasteiger partial charge in [-0.25, -0.2) is 8.70 Å². The third kappa shape index (κ3) is 4.69. The first-order valence-corrected chi connectivity index (χ1v) is 12.4. The number of anilines is 1. The Morgan fingerprint density at radius 1 is 1.03 bits per heavy atom. The molecule has 2 fully saturated rings. The number of hydrogen-bond donors (Lipinski definition) is 0. The van der Waals surface area contributed by atoms with Crippen LogP contribution in [0.1, 0.15) is 55.0 Å². The Labute approximate surface area is 193 Å².